The van der Waals surface area contributed by atoms with E-state index in [1.54, 1.807) is 24.3 Å². The molecule has 2 heterocycles. The van der Waals surface area contributed by atoms with Crippen molar-refractivity contribution in [3.63, 3.8) is 0 Å². The summed E-state index contributed by atoms with van der Waals surface area (Å²) < 4.78 is 8.76. The minimum atomic E-state index is -0.225. The molecule has 2 aromatic heterocycles. The molecule has 4 rings (SSSR count). The summed E-state index contributed by atoms with van der Waals surface area (Å²) in [7, 11) is 0. The van der Waals surface area contributed by atoms with Crippen LogP contribution in [0.25, 0.3) is 22.6 Å². The van der Waals surface area contributed by atoms with E-state index in [0.717, 1.165) is 15.4 Å². The Bertz CT molecular complexity index is 1290. The first kappa shape index (κ1) is 22.0. The van der Waals surface area contributed by atoms with Gasteiger partial charge in [0.2, 0.25) is 11.7 Å². The molecule has 0 radical (unpaired) electrons. The highest BCUT2D eigenvalue weighted by atomic mass is 79.9. The maximum atomic E-state index is 12.4. The average molecular weight is 538 g/mol. The number of aromatic nitrogens is 3. The van der Waals surface area contributed by atoms with Crippen LogP contribution < -0.4 is 5.32 Å². The predicted octanol–water partition coefficient (Wildman–Crippen LogP) is 6.68. The van der Waals surface area contributed by atoms with Crippen LogP contribution in [0.2, 0.25) is 10.0 Å². The molecule has 1 N–H and O–H groups in total. The van der Waals surface area contributed by atoms with E-state index in [0.29, 0.717) is 39.0 Å². The number of rotatable bonds is 7. The molecule has 0 aliphatic rings. The van der Waals surface area contributed by atoms with Gasteiger partial charge < -0.3 is 9.73 Å². The number of hydrogen-bond acceptors (Lipinski definition) is 5. The van der Waals surface area contributed by atoms with Crippen LogP contribution in [-0.4, -0.2) is 26.4 Å². The highest BCUT2D eigenvalue weighted by molar-refractivity contribution is 9.10. The first-order chi connectivity index (χ1) is 14.9. The van der Waals surface area contributed by atoms with Crippen molar-refractivity contribution < 1.29 is 9.21 Å². The van der Waals surface area contributed by atoms with Crippen molar-refractivity contribution >= 4 is 73.5 Å². The van der Waals surface area contributed by atoms with Gasteiger partial charge in [0.05, 0.1) is 16.5 Å². The molecule has 4 aromatic rings. The molecule has 0 saturated heterocycles. The van der Waals surface area contributed by atoms with Gasteiger partial charge in [-0.1, -0.05) is 57.0 Å². The molecule has 0 aliphatic carbocycles. The van der Waals surface area contributed by atoms with Crippen LogP contribution in [0.5, 0.6) is 0 Å². The number of benzene rings is 2. The molecule has 0 aliphatic heterocycles. The lowest BCUT2D eigenvalue weighted by atomic mass is 10.2. The zero-order chi connectivity index (χ0) is 22.0. The molecule has 0 spiro atoms. The number of carbonyl (C=O) groups is 1. The molecule has 1 amide bonds. The van der Waals surface area contributed by atoms with Crippen molar-refractivity contribution in [3.05, 3.63) is 69.6 Å². The van der Waals surface area contributed by atoms with Crippen LogP contribution >= 0.6 is 50.9 Å². The Morgan fingerprint density at radius 1 is 1.23 bits per heavy atom. The molecule has 6 nitrogen and oxygen atoms in total. The normalized spacial score (nSPS) is 11.1. The number of halogens is 3. The van der Waals surface area contributed by atoms with Crippen molar-refractivity contribution in [2.24, 2.45) is 0 Å². The molecule has 10 heteroatoms. The summed E-state index contributed by atoms with van der Waals surface area (Å²) in [5.41, 5.74) is 1.25. The fraction of sp³-hybridized carbons (Fsp3) is 0.0952. The summed E-state index contributed by atoms with van der Waals surface area (Å²) in [5.74, 6) is 1.06. The first-order valence-corrected chi connectivity index (χ1v) is 11.6. The summed E-state index contributed by atoms with van der Waals surface area (Å²) >= 11 is 16.7. The molecule has 0 atom stereocenters. The number of hydrogen-bond donors (Lipinski definition) is 1. The molecule has 2 aromatic carbocycles. The highest BCUT2D eigenvalue weighted by Crippen LogP contribution is 2.31. The topological polar surface area (TPSA) is 73.0 Å². The largest absolute Gasteiger partial charge is 0.453 e. The Hall–Kier alpha value is -2.26. The van der Waals surface area contributed by atoms with Crippen molar-refractivity contribution in [1.82, 2.24) is 14.8 Å². The number of allylic oxidation sites excluding steroid dienone is 1. The second kappa shape index (κ2) is 9.48. The minimum absolute atomic E-state index is 0.126. The van der Waals surface area contributed by atoms with Crippen LogP contribution in [-0.2, 0) is 11.3 Å². The Labute approximate surface area is 200 Å². The zero-order valence-electron chi connectivity index (χ0n) is 15.9. The molecule has 0 unspecified atom stereocenters. The van der Waals surface area contributed by atoms with Crippen molar-refractivity contribution in [2.45, 2.75) is 11.7 Å². The van der Waals surface area contributed by atoms with Gasteiger partial charge in [-0.25, -0.2) is 0 Å². The SMILES string of the molecule is C=CCn1c(SCC(=O)Nc2ccc(Cl)cc2Cl)nnc1-c1cc2cc(Br)ccc2o1. The van der Waals surface area contributed by atoms with E-state index in [-0.39, 0.29) is 11.7 Å². The number of fused-ring (bicyclic) bond motifs is 1. The monoisotopic (exact) mass is 536 g/mol. The quantitative estimate of drug-likeness (QED) is 0.210. The fourth-order valence-electron chi connectivity index (χ4n) is 2.90. The highest BCUT2D eigenvalue weighted by Gasteiger charge is 2.18. The van der Waals surface area contributed by atoms with E-state index in [2.05, 4.69) is 38.0 Å². The third-order valence-corrected chi connectivity index (χ3v) is 6.27. The van der Waals surface area contributed by atoms with Gasteiger partial charge in [0.15, 0.2) is 10.9 Å². The van der Waals surface area contributed by atoms with Crippen molar-refractivity contribution in [3.8, 4) is 11.6 Å². The molecule has 0 bridgehead atoms. The summed E-state index contributed by atoms with van der Waals surface area (Å²) in [6.07, 6.45) is 1.74. The maximum absolute atomic E-state index is 12.4. The Balaban J connectivity index is 1.52. The number of nitrogens with one attached hydrogen (secondary N) is 1. The average Bonchev–Trinajstić information content (AvgIpc) is 3.32. The molecule has 158 valence electrons. The summed E-state index contributed by atoms with van der Waals surface area (Å²) in [6, 6.07) is 12.6. The van der Waals surface area contributed by atoms with Gasteiger partial charge in [0.1, 0.15) is 5.58 Å². The van der Waals surface area contributed by atoms with E-state index >= 15 is 0 Å². The van der Waals surface area contributed by atoms with Gasteiger partial charge in [-0.2, -0.15) is 0 Å². The first-order valence-electron chi connectivity index (χ1n) is 9.06. The predicted molar refractivity (Wildman–Crippen MR) is 129 cm³/mol. The Kier molecular flexibility index (Phi) is 6.71. The third-order valence-electron chi connectivity index (χ3n) is 4.26. The van der Waals surface area contributed by atoms with Crippen LogP contribution in [0, 0.1) is 0 Å². The number of nitrogens with zero attached hydrogens (tertiary/aromatic N) is 3. The van der Waals surface area contributed by atoms with Gasteiger partial charge >= 0.3 is 0 Å². The summed E-state index contributed by atoms with van der Waals surface area (Å²) in [6.45, 7) is 4.27. The number of carbonyl (C=O) groups excluding carboxylic acids is 1. The van der Waals surface area contributed by atoms with Gasteiger partial charge in [-0.3, -0.25) is 9.36 Å². The number of anilines is 1. The number of thioether (sulfide) groups is 1. The van der Waals surface area contributed by atoms with Gasteiger partial charge in [0.25, 0.3) is 0 Å². The number of amides is 1. The van der Waals surface area contributed by atoms with Gasteiger partial charge in [-0.15, -0.1) is 16.8 Å². The minimum Gasteiger partial charge on any atom is -0.453 e. The molecule has 0 fully saturated rings. The lowest BCUT2D eigenvalue weighted by Gasteiger charge is -2.08. The van der Waals surface area contributed by atoms with E-state index in [1.165, 1.54) is 11.8 Å². The number of furan rings is 1. The maximum Gasteiger partial charge on any atom is 0.234 e. The van der Waals surface area contributed by atoms with E-state index < -0.39 is 0 Å². The Morgan fingerprint density at radius 2 is 2.06 bits per heavy atom. The summed E-state index contributed by atoms with van der Waals surface area (Å²) in [4.78, 5) is 12.4. The second-order valence-electron chi connectivity index (χ2n) is 6.46. The molecule has 0 saturated carbocycles. The lowest BCUT2D eigenvalue weighted by Crippen LogP contribution is -2.15. The van der Waals surface area contributed by atoms with Crippen LogP contribution in [0.4, 0.5) is 5.69 Å². The van der Waals surface area contributed by atoms with E-state index in [9.17, 15) is 4.79 Å². The van der Waals surface area contributed by atoms with Crippen LogP contribution in [0.1, 0.15) is 0 Å². The summed E-state index contributed by atoms with van der Waals surface area (Å²) in [5, 5.41) is 13.7. The molecular weight excluding hydrogens is 523 g/mol. The molecular formula is C21H15BrCl2N4O2S. The third kappa shape index (κ3) is 4.98. The van der Waals surface area contributed by atoms with Gasteiger partial charge in [-0.05, 0) is 42.5 Å². The zero-order valence-corrected chi connectivity index (χ0v) is 19.9. The van der Waals surface area contributed by atoms with Crippen LogP contribution in [0.15, 0.2) is 69.2 Å². The van der Waals surface area contributed by atoms with E-state index in [4.69, 9.17) is 27.6 Å². The van der Waals surface area contributed by atoms with Crippen molar-refractivity contribution in [2.75, 3.05) is 11.1 Å². The fourth-order valence-corrected chi connectivity index (χ4v) is 4.49. The van der Waals surface area contributed by atoms with Gasteiger partial charge in [0, 0.05) is 21.4 Å². The second-order valence-corrected chi connectivity index (χ2v) is 9.16. The standard InChI is InChI=1S/C21H15BrCl2N4O2S/c1-2-7-28-20(18-9-12-8-13(22)3-6-17(12)30-18)26-27-21(28)31-11-19(29)25-16-5-4-14(23)10-15(16)24/h2-6,8-10H,1,7,11H2,(H,25,29). The molecule has 31 heavy (non-hydrogen) atoms. The van der Waals surface area contributed by atoms with E-state index in [1.807, 2.05) is 28.8 Å². The van der Waals surface area contributed by atoms with Crippen LogP contribution in [0.3, 0.4) is 0 Å². The Morgan fingerprint density at radius 3 is 2.84 bits per heavy atom. The lowest BCUT2D eigenvalue weighted by molar-refractivity contribution is -0.113. The smallest absolute Gasteiger partial charge is 0.234 e. The van der Waals surface area contributed by atoms with Crippen molar-refractivity contribution in [1.29, 1.82) is 0 Å².